The first-order valence-electron chi connectivity index (χ1n) is 7.00. The first-order chi connectivity index (χ1) is 9.21. The topological polar surface area (TPSA) is 44.4 Å². The molecule has 2 N–H and O–H groups in total. The standard InChI is InChI=1S/C15H25N3O/c1-4-18(5-2)14-10-8-13(9-11-14)17-12-6-7-15(19)16-3/h8-11,17H,4-7,12H2,1-3H3,(H,16,19). The largest absolute Gasteiger partial charge is 0.385 e. The fourth-order valence-electron chi connectivity index (χ4n) is 1.99. The molecule has 4 heteroatoms. The van der Waals surface area contributed by atoms with Gasteiger partial charge in [-0.25, -0.2) is 0 Å². The van der Waals surface area contributed by atoms with Crippen molar-refractivity contribution < 1.29 is 4.79 Å². The molecule has 0 radical (unpaired) electrons. The molecule has 0 bridgehead atoms. The maximum atomic E-state index is 11.1. The van der Waals surface area contributed by atoms with Gasteiger partial charge in [-0.2, -0.15) is 0 Å². The van der Waals surface area contributed by atoms with Gasteiger partial charge in [0, 0.05) is 44.5 Å². The summed E-state index contributed by atoms with van der Waals surface area (Å²) in [7, 11) is 1.67. The number of nitrogens with zero attached hydrogens (tertiary/aromatic N) is 1. The highest BCUT2D eigenvalue weighted by molar-refractivity contribution is 5.75. The molecular formula is C15H25N3O. The van der Waals surface area contributed by atoms with E-state index in [1.54, 1.807) is 7.05 Å². The van der Waals surface area contributed by atoms with Crippen LogP contribution in [0.1, 0.15) is 26.7 Å². The van der Waals surface area contributed by atoms with Gasteiger partial charge in [0.05, 0.1) is 0 Å². The summed E-state index contributed by atoms with van der Waals surface area (Å²) in [5, 5.41) is 5.95. The van der Waals surface area contributed by atoms with Gasteiger partial charge in [-0.3, -0.25) is 4.79 Å². The van der Waals surface area contributed by atoms with Crippen molar-refractivity contribution in [2.45, 2.75) is 26.7 Å². The predicted molar refractivity (Wildman–Crippen MR) is 81.8 cm³/mol. The first-order valence-corrected chi connectivity index (χ1v) is 7.00. The molecule has 0 aliphatic heterocycles. The number of hydrogen-bond donors (Lipinski definition) is 2. The molecule has 106 valence electrons. The maximum Gasteiger partial charge on any atom is 0.219 e. The van der Waals surface area contributed by atoms with E-state index < -0.39 is 0 Å². The molecule has 0 aliphatic rings. The molecule has 0 unspecified atom stereocenters. The summed E-state index contributed by atoms with van der Waals surface area (Å²) in [4.78, 5) is 13.4. The van der Waals surface area contributed by atoms with Crippen LogP contribution in [0.2, 0.25) is 0 Å². The number of anilines is 2. The molecule has 0 fully saturated rings. The Kier molecular flexibility index (Phi) is 6.79. The van der Waals surface area contributed by atoms with E-state index in [1.807, 2.05) is 0 Å². The number of carbonyl (C=O) groups is 1. The monoisotopic (exact) mass is 263 g/mol. The zero-order valence-corrected chi connectivity index (χ0v) is 12.2. The second kappa shape index (κ2) is 8.40. The van der Waals surface area contributed by atoms with Crippen LogP contribution in [0.3, 0.4) is 0 Å². The molecular weight excluding hydrogens is 238 g/mol. The minimum atomic E-state index is 0.0960. The maximum absolute atomic E-state index is 11.1. The Balaban J connectivity index is 2.38. The Morgan fingerprint density at radius 3 is 2.32 bits per heavy atom. The van der Waals surface area contributed by atoms with Gasteiger partial charge in [0.1, 0.15) is 0 Å². The molecule has 1 aromatic rings. The second-order valence-corrected chi connectivity index (χ2v) is 4.42. The lowest BCUT2D eigenvalue weighted by Gasteiger charge is -2.21. The molecule has 1 aromatic carbocycles. The Bertz CT molecular complexity index is 371. The summed E-state index contributed by atoms with van der Waals surface area (Å²) in [5.74, 6) is 0.0960. The average molecular weight is 263 g/mol. The molecule has 0 saturated carbocycles. The van der Waals surface area contributed by atoms with Gasteiger partial charge in [-0.05, 0) is 44.5 Å². The van der Waals surface area contributed by atoms with Crippen molar-refractivity contribution >= 4 is 17.3 Å². The molecule has 0 aliphatic carbocycles. The highest BCUT2D eigenvalue weighted by Gasteiger charge is 2.01. The summed E-state index contributed by atoms with van der Waals surface area (Å²) in [6.45, 7) is 7.19. The number of amides is 1. The lowest BCUT2D eigenvalue weighted by Crippen LogP contribution is -2.21. The van der Waals surface area contributed by atoms with E-state index in [4.69, 9.17) is 0 Å². The molecule has 0 saturated heterocycles. The van der Waals surface area contributed by atoms with Gasteiger partial charge in [-0.15, -0.1) is 0 Å². The van der Waals surface area contributed by atoms with E-state index in [9.17, 15) is 4.79 Å². The van der Waals surface area contributed by atoms with E-state index in [0.29, 0.717) is 6.42 Å². The lowest BCUT2D eigenvalue weighted by molar-refractivity contribution is -0.120. The Hall–Kier alpha value is -1.71. The van der Waals surface area contributed by atoms with Crippen molar-refractivity contribution in [3.63, 3.8) is 0 Å². The molecule has 0 aromatic heterocycles. The normalized spacial score (nSPS) is 10.1. The molecule has 0 atom stereocenters. The molecule has 0 heterocycles. The molecule has 0 spiro atoms. The van der Waals surface area contributed by atoms with Gasteiger partial charge in [0.25, 0.3) is 0 Å². The third kappa shape index (κ3) is 5.20. The first kappa shape index (κ1) is 15.3. The van der Waals surface area contributed by atoms with Crippen LogP contribution >= 0.6 is 0 Å². The number of rotatable bonds is 8. The Labute approximate surface area is 116 Å². The van der Waals surface area contributed by atoms with Crippen LogP contribution in [0, 0.1) is 0 Å². The molecule has 1 amide bonds. The van der Waals surface area contributed by atoms with Gasteiger partial charge in [0.15, 0.2) is 0 Å². The van der Waals surface area contributed by atoms with Crippen molar-refractivity contribution in [1.29, 1.82) is 0 Å². The van der Waals surface area contributed by atoms with Crippen molar-refractivity contribution in [1.82, 2.24) is 5.32 Å². The highest BCUT2D eigenvalue weighted by atomic mass is 16.1. The predicted octanol–water partition coefficient (Wildman–Crippen LogP) is 2.47. The molecule has 19 heavy (non-hydrogen) atoms. The van der Waals surface area contributed by atoms with Crippen molar-refractivity contribution in [3.05, 3.63) is 24.3 Å². The smallest absolute Gasteiger partial charge is 0.219 e. The van der Waals surface area contributed by atoms with E-state index in [-0.39, 0.29) is 5.91 Å². The van der Waals surface area contributed by atoms with E-state index >= 15 is 0 Å². The zero-order valence-electron chi connectivity index (χ0n) is 12.2. The van der Waals surface area contributed by atoms with Crippen LogP contribution in [-0.4, -0.2) is 32.6 Å². The fourth-order valence-corrected chi connectivity index (χ4v) is 1.99. The van der Waals surface area contributed by atoms with Crippen molar-refractivity contribution in [2.24, 2.45) is 0 Å². The van der Waals surface area contributed by atoms with Crippen LogP contribution in [-0.2, 0) is 4.79 Å². The number of carbonyl (C=O) groups excluding carboxylic acids is 1. The van der Waals surface area contributed by atoms with Gasteiger partial charge < -0.3 is 15.5 Å². The third-order valence-electron chi connectivity index (χ3n) is 3.18. The second-order valence-electron chi connectivity index (χ2n) is 4.42. The summed E-state index contributed by atoms with van der Waals surface area (Å²) >= 11 is 0. The number of nitrogens with one attached hydrogen (secondary N) is 2. The van der Waals surface area contributed by atoms with Crippen molar-refractivity contribution in [2.75, 3.05) is 36.9 Å². The van der Waals surface area contributed by atoms with Crippen LogP contribution in [0.4, 0.5) is 11.4 Å². The van der Waals surface area contributed by atoms with Crippen LogP contribution in [0.25, 0.3) is 0 Å². The van der Waals surface area contributed by atoms with E-state index in [1.165, 1.54) is 5.69 Å². The lowest BCUT2D eigenvalue weighted by atomic mass is 10.2. The van der Waals surface area contributed by atoms with E-state index in [0.717, 1.165) is 31.7 Å². The summed E-state index contributed by atoms with van der Waals surface area (Å²) in [6.07, 6.45) is 1.42. The quantitative estimate of drug-likeness (QED) is 0.708. The van der Waals surface area contributed by atoms with Gasteiger partial charge in [0.2, 0.25) is 5.91 Å². The van der Waals surface area contributed by atoms with Gasteiger partial charge >= 0.3 is 0 Å². The Morgan fingerprint density at radius 2 is 1.79 bits per heavy atom. The van der Waals surface area contributed by atoms with Gasteiger partial charge in [-0.1, -0.05) is 0 Å². The van der Waals surface area contributed by atoms with Crippen LogP contribution in [0.5, 0.6) is 0 Å². The van der Waals surface area contributed by atoms with E-state index in [2.05, 4.69) is 53.6 Å². The fraction of sp³-hybridized carbons (Fsp3) is 0.533. The van der Waals surface area contributed by atoms with Crippen molar-refractivity contribution in [3.8, 4) is 0 Å². The summed E-state index contributed by atoms with van der Waals surface area (Å²) in [5.41, 5.74) is 2.36. The van der Waals surface area contributed by atoms with Crippen LogP contribution in [0.15, 0.2) is 24.3 Å². The highest BCUT2D eigenvalue weighted by Crippen LogP contribution is 2.17. The summed E-state index contributed by atoms with van der Waals surface area (Å²) in [6, 6.07) is 8.45. The molecule has 4 nitrogen and oxygen atoms in total. The number of hydrogen-bond acceptors (Lipinski definition) is 3. The average Bonchev–Trinajstić information content (AvgIpc) is 2.46. The minimum Gasteiger partial charge on any atom is -0.385 e. The Morgan fingerprint density at radius 1 is 1.16 bits per heavy atom. The minimum absolute atomic E-state index is 0.0960. The third-order valence-corrected chi connectivity index (χ3v) is 3.18. The van der Waals surface area contributed by atoms with Crippen LogP contribution < -0.4 is 15.5 Å². The molecule has 1 rings (SSSR count). The zero-order chi connectivity index (χ0) is 14.1. The summed E-state index contributed by atoms with van der Waals surface area (Å²) < 4.78 is 0. The number of benzene rings is 1. The SMILES string of the molecule is CCN(CC)c1ccc(NCCCC(=O)NC)cc1.